The number of hydrogen-bond donors (Lipinski definition) is 0. The first-order valence-electron chi connectivity index (χ1n) is 7.59. The van der Waals surface area contributed by atoms with Gasteiger partial charge in [0, 0.05) is 0 Å². The van der Waals surface area contributed by atoms with Gasteiger partial charge in [-0.25, -0.2) is 0 Å². The van der Waals surface area contributed by atoms with E-state index in [9.17, 15) is 0 Å². The van der Waals surface area contributed by atoms with Crippen LogP contribution in [0.3, 0.4) is 0 Å². The van der Waals surface area contributed by atoms with E-state index in [2.05, 4.69) is 89.5 Å². The summed E-state index contributed by atoms with van der Waals surface area (Å²) in [5.74, 6) is 0. The van der Waals surface area contributed by atoms with Crippen molar-refractivity contribution in [1.29, 1.82) is 0 Å². The molecule has 0 aromatic heterocycles. The smallest absolute Gasteiger partial charge is 0.229 e. The second-order valence-electron chi connectivity index (χ2n) is 10.1. The van der Waals surface area contributed by atoms with Gasteiger partial charge in [0.2, 0.25) is 8.40 Å². The lowest BCUT2D eigenvalue weighted by molar-refractivity contribution is 0.574. The predicted octanol–water partition coefficient (Wildman–Crippen LogP) is 5.23. The van der Waals surface area contributed by atoms with Gasteiger partial charge in [-0.05, 0) is 10.1 Å². The van der Waals surface area contributed by atoms with Crippen molar-refractivity contribution in [3.05, 3.63) is 0 Å². The molecule has 0 aromatic rings. The monoisotopic (exact) mass is 316 g/mol. The van der Waals surface area contributed by atoms with E-state index in [-0.39, 0.29) is 0 Å². The normalized spacial score (nSPS) is 28.4. The fourth-order valence-electron chi connectivity index (χ4n) is 4.19. The maximum Gasteiger partial charge on any atom is 0.229 e. The molecular weight excluding hydrogens is 280 g/mol. The third kappa shape index (κ3) is 2.57. The van der Waals surface area contributed by atoms with Gasteiger partial charge in [-0.2, -0.15) is 0 Å². The molecule has 0 radical (unpaired) electrons. The summed E-state index contributed by atoms with van der Waals surface area (Å²) < 4.78 is 5.93. The van der Waals surface area contributed by atoms with Crippen LogP contribution in [0.25, 0.3) is 0 Å². The summed E-state index contributed by atoms with van der Waals surface area (Å²) in [5.41, 5.74) is 0. The Hall–Kier alpha value is 0.571. The minimum Gasteiger partial charge on any atom is -0.280 e. The van der Waals surface area contributed by atoms with Crippen molar-refractivity contribution in [1.82, 2.24) is 8.68 Å². The highest BCUT2D eigenvalue weighted by Gasteiger charge is 2.79. The molecule has 0 aliphatic carbocycles. The topological polar surface area (TPSA) is 6.02 Å². The molecule has 0 N–H and O–H groups in total. The van der Waals surface area contributed by atoms with Gasteiger partial charge in [0.25, 0.3) is 0 Å². The van der Waals surface area contributed by atoms with Crippen LogP contribution in [0.5, 0.6) is 0 Å². The molecule has 1 aliphatic rings. The zero-order valence-corrected chi connectivity index (χ0v) is 18.4. The number of hydrogen-bond acceptors (Lipinski definition) is 2. The fourth-order valence-corrected chi connectivity index (χ4v) is 27.8. The van der Waals surface area contributed by atoms with Crippen molar-refractivity contribution in [3.63, 3.8) is 0 Å². The predicted molar refractivity (Wildman–Crippen MR) is 95.6 cm³/mol. The molecule has 2 unspecified atom stereocenters. The molecule has 0 amide bonds. The average Bonchev–Trinajstić information content (AvgIpc) is 2.66. The van der Waals surface area contributed by atoms with E-state index in [4.69, 9.17) is 0 Å². The Morgan fingerprint density at radius 2 is 0.789 bits per heavy atom. The lowest BCUT2D eigenvalue weighted by Gasteiger charge is -2.41. The van der Waals surface area contributed by atoms with Gasteiger partial charge in [-0.1, -0.05) is 80.8 Å². The van der Waals surface area contributed by atoms with Crippen molar-refractivity contribution in [3.8, 4) is 0 Å². The first-order valence-corrected chi connectivity index (χ1v) is 16.4. The van der Waals surface area contributed by atoms with E-state index >= 15 is 0 Å². The minimum atomic E-state index is -1.60. The largest absolute Gasteiger partial charge is 0.280 e. The van der Waals surface area contributed by atoms with Crippen molar-refractivity contribution in [2.75, 3.05) is 0 Å². The van der Waals surface area contributed by atoms with Crippen molar-refractivity contribution in [2.24, 2.45) is 0 Å². The van der Waals surface area contributed by atoms with E-state index in [1.165, 1.54) is 0 Å². The maximum absolute atomic E-state index is 2.96. The van der Waals surface area contributed by atoms with Gasteiger partial charge in [0.1, 0.15) is 16.5 Å². The second-order valence-corrected chi connectivity index (χ2v) is 25.8. The summed E-state index contributed by atoms with van der Waals surface area (Å²) in [7, 11) is -4.19. The first-order chi connectivity index (χ1) is 7.99. The lowest BCUT2D eigenvalue weighted by Crippen LogP contribution is -2.52. The Balaban J connectivity index is 3.48. The molecule has 1 heterocycles. The first kappa shape index (κ1) is 17.6. The molecule has 5 heteroatoms. The molecule has 19 heavy (non-hydrogen) atoms. The van der Waals surface area contributed by atoms with Gasteiger partial charge >= 0.3 is 0 Å². The lowest BCUT2D eigenvalue weighted by atomic mass is 10.2. The second kappa shape index (κ2) is 4.29. The van der Waals surface area contributed by atoms with Gasteiger partial charge in [-0.3, -0.25) is 8.68 Å². The summed E-state index contributed by atoms with van der Waals surface area (Å²) in [6, 6.07) is 0. The highest BCUT2D eigenvalue weighted by atomic mass is 28.5. The van der Waals surface area contributed by atoms with E-state index in [0.717, 1.165) is 0 Å². The molecule has 2 nitrogen and oxygen atoms in total. The molecule has 0 spiro atoms. The Bertz CT molecular complexity index is 317. The Morgan fingerprint density at radius 1 is 0.579 bits per heavy atom. The summed E-state index contributed by atoms with van der Waals surface area (Å²) in [5, 5.41) is 0.817. The van der Waals surface area contributed by atoms with Gasteiger partial charge < -0.3 is 0 Å². The molecule has 0 saturated carbocycles. The molecule has 0 aromatic carbocycles. The van der Waals surface area contributed by atoms with Crippen LogP contribution in [0.1, 0.15) is 41.5 Å². The molecule has 114 valence electrons. The van der Waals surface area contributed by atoms with Crippen molar-refractivity contribution in [2.45, 2.75) is 90.9 Å². The quantitative estimate of drug-likeness (QED) is 0.508. The highest BCUT2D eigenvalue weighted by molar-refractivity contribution is 7.07. The highest BCUT2D eigenvalue weighted by Crippen LogP contribution is 2.66. The van der Waals surface area contributed by atoms with Crippen molar-refractivity contribution >= 4 is 24.9 Å². The number of rotatable bonds is 2. The maximum atomic E-state index is 2.96. The molecule has 0 bridgehead atoms. The summed E-state index contributed by atoms with van der Waals surface area (Å²) in [6.45, 7) is 30.0. The molecule has 2 atom stereocenters. The van der Waals surface area contributed by atoms with Crippen LogP contribution < -0.4 is 0 Å². The molecule has 1 saturated heterocycles. The van der Waals surface area contributed by atoms with Crippen molar-refractivity contribution < 1.29 is 0 Å². The van der Waals surface area contributed by atoms with E-state index in [1.807, 2.05) is 0 Å². The van der Waals surface area contributed by atoms with Gasteiger partial charge in [0.15, 0.2) is 0 Å². The summed E-state index contributed by atoms with van der Waals surface area (Å²) in [4.78, 5) is 0. The Labute approximate surface area is 124 Å². The van der Waals surface area contributed by atoms with Crippen LogP contribution in [0, 0.1) is 0 Å². The van der Waals surface area contributed by atoms with Crippen LogP contribution >= 0.6 is 0 Å². The fraction of sp³-hybridized carbons (Fsp3) is 1.00. The van der Waals surface area contributed by atoms with Crippen LogP contribution in [-0.4, -0.2) is 33.5 Å². The zero-order valence-electron chi connectivity index (χ0n) is 15.4. The van der Waals surface area contributed by atoms with Crippen LogP contribution in [-0.2, 0) is 0 Å². The Kier molecular flexibility index (Phi) is 3.98. The molecule has 1 aliphatic heterocycles. The van der Waals surface area contributed by atoms with Crippen LogP contribution in [0.4, 0.5) is 0 Å². The van der Waals surface area contributed by atoms with Crippen LogP contribution in [0.2, 0.25) is 49.4 Å². The van der Waals surface area contributed by atoms with Gasteiger partial charge in [0.05, 0.1) is 0 Å². The van der Waals surface area contributed by atoms with E-state index < -0.39 is 24.9 Å². The number of hydrazine groups is 1. The Morgan fingerprint density at radius 3 is 0.842 bits per heavy atom. The number of nitrogens with zero attached hydrogens (tertiary/aromatic N) is 2. The minimum absolute atomic E-state index is 0.409. The molecular formula is C14H36N2Si3. The van der Waals surface area contributed by atoms with Gasteiger partial charge in [-0.15, -0.1) is 0 Å². The average molecular weight is 317 g/mol. The van der Waals surface area contributed by atoms with E-state index in [1.54, 1.807) is 0 Å². The zero-order chi connectivity index (χ0) is 15.7. The van der Waals surface area contributed by atoms with E-state index in [0.29, 0.717) is 10.1 Å². The standard InChI is InChI=1S/C14H36N2Si3/c1-13(2,3)19(14(4,5)6)15(17(7,8)9)16(19)18(10,11)12/h1-12H3. The third-order valence-electron chi connectivity index (χ3n) is 4.14. The molecule has 1 rings (SSSR count). The summed E-state index contributed by atoms with van der Waals surface area (Å²) in [6.07, 6.45) is 0. The third-order valence-corrected chi connectivity index (χ3v) is 19.3. The van der Waals surface area contributed by atoms with Crippen LogP contribution in [0.15, 0.2) is 0 Å². The summed E-state index contributed by atoms with van der Waals surface area (Å²) >= 11 is 0. The SMILES string of the molecule is CC(C)(C)[Si]1(C(C)(C)C)N([Si](C)(C)C)N1[Si](C)(C)C. The molecule has 1 fully saturated rings.